The molecule has 4 heterocycles. The Balaban J connectivity index is 1.33. The maximum atomic E-state index is 5.62. The van der Waals surface area contributed by atoms with Gasteiger partial charge in [0.2, 0.25) is 5.95 Å². The smallest absolute Gasteiger partial charge is 0.246 e. The molecule has 0 saturated carbocycles. The van der Waals surface area contributed by atoms with Crippen molar-refractivity contribution in [3.05, 3.63) is 66.6 Å². The van der Waals surface area contributed by atoms with Gasteiger partial charge >= 0.3 is 0 Å². The normalized spacial score (nSPS) is 12.4. The molecule has 0 amide bonds. The zero-order chi connectivity index (χ0) is 20.2. The zero-order valence-electron chi connectivity index (χ0n) is 16.0. The van der Waals surface area contributed by atoms with Gasteiger partial charge in [-0.25, -0.2) is 4.98 Å². The van der Waals surface area contributed by atoms with Crippen LogP contribution in [0.1, 0.15) is 5.56 Å². The number of rotatable bonds is 6. The first kappa shape index (κ1) is 17.9. The Morgan fingerprint density at radius 1 is 0.967 bits per heavy atom. The predicted octanol–water partition coefficient (Wildman–Crippen LogP) is 3.39. The van der Waals surface area contributed by atoms with E-state index in [1.165, 1.54) is 0 Å². The van der Waals surface area contributed by atoms with Crippen molar-refractivity contribution in [2.75, 3.05) is 23.8 Å². The molecule has 30 heavy (non-hydrogen) atoms. The van der Waals surface area contributed by atoms with E-state index in [4.69, 9.17) is 9.47 Å². The Labute approximate surface area is 172 Å². The molecule has 1 aliphatic rings. The summed E-state index contributed by atoms with van der Waals surface area (Å²) in [5, 5.41) is 13.8. The van der Waals surface area contributed by atoms with E-state index < -0.39 is 0 Å². The lowest BCUT2D eigenvalue weighted by Gasteiger charge is -2.18. The van der Waals surface area contributed by atoms with Crippen LogP contribution in [0, 0.1) is 0 Å². The van der Waals surface area contributed by atoms with Gasteiger partial charge in [0.25, 0.3) is 0 Å². The number of H-pyrrole nitrogens is 1. The third-order valence-electron chi connectivity index (χ3n) is 4.56. The van der Waals surface area contributed by atoms with Crippen molar-refractivity contribution in [1.29, 1.82) is 0 Å². The van der Waals surface area contributed by atoms with Gasteiger partial charge in [-0.1, -0.05) is 0 Å². The van der Waals surface area contributed by atoms with Crippen molar-refractivity contribution in [2.24, 2.45) is 0 Å². The molecule has 0 bridgehead atoms. The fourth-order valence-corrected chi connectivity index (χ4v) is 3.11. The summed E-state index contributed by atoms with van der Waals surface area (Å²) in [6, 6.07) is 13.4. The van der Waals surface area contributed by atoms with Gasteiger partial charge in [0.1, 0.15) is 19.0 Å². The molecule has 3 N–H and O–H groups in total. The van der Waals surface area contributed by atoms with Gasteiger partial charge < -0.3 is 20.1 Å². The molecule has 5 rings (SSSR count). The predicted molar refractivity (Wildman–Crippen MR) is 112 cm³/mol. The summed E-state index contributed by atoms with van der Waals surface area (Å²) in [4.78, 5) is 13.0. The number of ether oxygens (including phenoxy) is 2. The molecular formula is C21H19N7O2. The summed E-state index contributed by atoms with van der Waals surface area (Å²) in [7, 11) is 0. The number of aromatic nitrogens is 5. The maximum Gasteiger partial charge on any atom is 0.246 e. The fourth-order valence-electron chi connectivity index (χ4n) is 3.11. The van der Waals surface area contributed by atoms with E-state index in [0.717, 1.165) is 28.4 Å². The molecular weight excluding hydrogens is 382 g/mol. The summed E-state index contributed by atoms with van der Waals surface area (Å²) < 4.78 is 11.2. The molecule has 9 heteroatoms. The summed E-state index contributed by atoms with van der Waals surface area (Å²) in [5.74, 6) is 3.22. The largest absolute Gasteiger partial charge is 0.486 e. The molecule has 3 aromatic heterocycles. The second-order valence-corrected chi connectivity index (χ2v) is 6.60. The lowest BCUT2D eigenvalue weighted by atomic mass is 10.2. The average molecular weight is 401 g/mol. The Bertz CT molecular complexity index is 1150. The number of pyridine rings is 2. The van der Waals surface area contributed by atoms with Crippen molar-refractivity contribution in [1.82, 2.24) is 25.1 Å². The second-order valence-electron chi connectivity index (χ2n) is 6.60. The fraction of sp³-hybridized carbons (Fsp3) is 0.143. The molecule has 9 nitrogen and oxygen atoms in total. The van der Waals surface area contributed by atoms with Crippen LogP contribution < -0.4 is 20.1 Å². The van der Waals surface area contributed by atoms with Gasteiger partial charge in [-0.2, -0.15) is 4.98 Å². The van der Waals surface area contributed by atoms with Crippen LogP contribution in [0.15, 0.2) is 61.1 Å². The number of nitrogens with zero attached hydrogens (tertiary/aromatic N) is 4. The van der Waals surface area contributed by atoms with E-state index >= 15 is 0 Å². The number of fused-ring (bicyclic) bond motifs is 1. The number of anilines is 3. The third-order valence-corrected chi connectivity index (χ3v) is 4.56. The SMILES string of the molecule is c1cnc(NCc2ccncc2)c(-c2nc(Nc3ccc4c(c3)OCCO4)n[nH]2)c1. The molecule has 0 atom stereocenters. The highest BCUT2D eigenvalue weighted by molar-refractivity contribution is 5.71. The van der Waals surface area contributed by atoms with Crippen LogP contribution >= 0.6 is 0 Å². The van der Waals surface area contributed by atoms with E-state index in [-0.39, 0.29) is 0 Å². The van der Waals surface area contributed by atoms with Crippen molar-refractivity contribution >= 4 is 17.5 Å². The Hall–Kier alpha value is -4.14. The minimum atomic E-state index is 0.450. The van der Waals surface area contributed by atoms with Crippen LogP contribution in [0.2, 0.25) is 0 Å². The van der Waals surface area contributed by atoms with Gasteiger partial charge in [-0.05, 0) is 42.0 Å². The van der Waals surface area contributed by atoms with Crippen molar-refractivity contribution < 1.29 is 9.47 Å². The molecule has 0 aliphatic carbocycles. The lowest BCUT2D eigenvalue weighted by Crippen LogP contribution is -2.15. The van der Waals surface area contributed by atoms with Crippen LogP contribution in [0.3, 0.4) is 0 Å². The van der Waals surface area contributed by atoms with Crippen LogP contribution in [-0.4, -0.2) is 38.4 Å². The van der Waals surface area contributed by atoms with Crippen LogP contribution in [-0.2, 0) is 6.54 Å². The van der Waals surface area contributed by atoms with Gasteiger partial charge in [-0.3, -0.25) is 10.1 Å². The molecule has 0 fully saturated rings. The number of hydrogen-bond acceptors (Lipinski definition) is 8. The summed E-state index contributed by atoms with van der Waals surface area (Å²) in [6.45, 7) is 1.73. The summed E-state index contributed by atoms with van der Waals surface area (Å²) >= 11 is 0. The lowest BCUT2D eigenvalue weighted by molar-refractivity contribution is 0.171. The topological polar surface area (TPSA) is 110 Å². The van der Waals surface area contributed by atoms with Crippen LogP contribution in [0.25, 0.3) is 11.4 Å². The standard InChI is InChI=1S/C21H19N7O2/c1-2-16(19(23-7-1)24-13-14-5-8-22-9-6-14)20-26-21(28-27-20)25-15-3-4-17-18(12-15)30-11-10-29-17/h1-9,12H,10-11,13H2,(H,23,24)(H2,25,26,27,28). The third kappa shape index (κ3) is 3.86. The molecule has 0 spiro atoms. The van der Waals surface area contributed by atoms with Gasteiger partial charge in [0.15, 0.2) is 17.3 Å². The highest BCUT2D eigenvalue weighted by Gasteiger charge is 2.14. The Morgan fingerprint density at radius 2 is 1.83 bits per heavy atom. The number of hydrogen-bond donors (Lipinski definition) is 3. The zero-order valence-corrected chi connectivity index (χ0v) is 16.0. The monoisotopic (exact) mass is 401 g/mol. The van der Waals surface area contributed by atoms with E-state index in [2.05, 4.69) is 35.8 Å². The Morgan fingerprint density at radius 3 is 2.73 bits per heavy atom. The molecule has 1 aromatic carbocycles. The van der Waals surface area contributed by atoms with E-state index in [1.54, 1.807) is 18.6 Å². The first-order valence-electron chi connectivity index (χ1n) is 9.52. The first-order chi connectivity index (χ1) is 14.8. The van der Waals surface area contributed by atoms with Crippen molar-refractivity contribution in [3.63, 3.8) is 0 Å². The molecule has 1 aliphatic heterocycles. The van der Waals surface area contributed by atoms with Gasteiger partial charge in [-0.15, -0.1) is 5.10 Å². The number of aromatic amines is 1. The van der Waals surface area contributed by atoms with Gasteiger partial charge in [0.05, 0.1) is 5.56 Å². The molecule has 150 valence electrons. The van der Waals surface area contributed by atoms with E-state index in [9.17, 15) is 0 Å². The van der Waals surface area contributed by atoms with Gasteiger partial charge in [0, 0.05) is 36.9 Å². The van der Waals surface area contributed by atoms with Crippen molar-refractivity contribution in [2.45, 2.75) is 6.54 Å². The summed E-state index contributed by atoms with van der Waals surface area (Å²) in [6.07, 6.45) is 5.27. The van der Waals surface area contributed by atoms with E-state index in [0.29, 0.717) is 37.3 Å². The quantitative estimate of drug-likeness (QED) is 0.451. The molecule has 4 aromatic rings. The minimum absolute atomic E-state index is 0.450. The molecule has 0 radical (unpaired) electrons. The highest BCUT2D eigenvalue weighted by Crippen LogP contribution is 2.33. The number of benzene rings is 1. The second kappa shape index (κ2) is 8.08. The maximum absolute atomic E-state index is 5.62. The highest BCUT2D eigenvalue weighted by atomic mass is 16.6. The minimum Gasteiger partial charge on any atom is -0.486 e. The van der Waals surface area contributed by atoms with Crippen LogP contribution in [0.4, 0.5) is 17.5 Å². The number of nitrogens with one attached hydrogen (secondary N) is 3. The van der Waals surface area contributed by atoms with Crippen molar-refractivity contribution in [3.8, 4) is 22.9 Å². The molecule has 0 saturated heterocycles. The Kier molecular flexibility index (Phi) is 4.83. The van der Waals surface area contributed by atoms with Crippen LogP contribution in [0.5, 0.6) is 11.5 Å². The molecule has 0 unspecified atom stereocenters. The average Bonchev–Trinajstić information content (AvgIpc) is 3.27. The van der Waals surface area contributed by atoms with E-state index in [1.807, 2.05) is 42.5 Å². The first-order valence-corrected chi connectivity index (χ1v) is 9.52. The summed E-state index contributed by atoms with van der Waals surface area (Å²) in [5.41, 5.74) is 2.75.